The van der Waals surface area contributed by atoms with Gasteiger partial charge in [-0.25, -0.2) is 10.1 Å². The van der Waals surface area contributed by atoms with Gasteiger partial charge in [0.25, 0.3) is 0 Å². The summed E-state index contributed by atoms with van der Waals surface area (Å²) in [5.41, 5.74) is 8.12. The van der Waals surface area contributed by atoms with Gasteiger partial charge in [0, 0.05) is 17.4 Å². The van der Waals surface area contributed by atoms with Crippen LogP contribution in [0.4, 0.5) is 0 Å². The highest BCUT2D eigenvalue weighted by atomic mass is 16.7. The van der Waals surface area contributed by atoms with Crippen LogP contribution in [0.3, 0.4) is 0 Å². The number of hydrogen-bond donors (Lipinski definition) is 2. The fourth-order valence-electron chi connectivity index (χ4n) is 2.80. The lowest BCUT2D eigenvalue weighted by atomic mass is 10.00. The van der Waals surface area contributed by atoms with Gasteiger partial charge in [0.1, 0.15) is 11.6 Å². The molecule has 0 saturated heterocycles. The van der Waals surface area contributed by atoms with E-state index in [1.165, 1.54) is 6.20 Å². The molecule has 0 aliphatic heterocycles. The Morgan fingerprint density at radius 1 is 1.21 bits per heavy atom. The molecule has 7 nitrogen and oxygen atoms in total. The Hall–Kier alpha value is -3.19. The van der Waals surface area contributed by atoms with Gasteiger partial charge >= 0.3 is 5.97 Å². The number of rotatable bonds is 5. The number of fused-ring (bicyclic) bond motifs is 1. The number of carbonyl (C=O) groups is 1. The topological polar surface area (TPSA) is 111 Å². The molecule has 0 aliphatic rings. The van der Waals surface area contributed by atoms with Crippen molar-refractivity contribution >= 4 is 16.9 Å². The number of aliphatic carboxylic acids is 1. The van der Waals surface area contributed by atoms with Crippen LogP contribution in [-0.4, -0.2) is 26.8 Å². The Labute approximate surface area is 137 Å². The Morgan fingerprint density at radius 2 is 1.92 bits per heavy atom. The van der Waals surface area contributed by atoms with Crippen LogP contribution in [0.2, 0.25) is 0 Å². The first kappa shape index (κ1) is 15.7. The molecule has 3 aromatic rings. The van der Waals surface area contributed by atoms with E-state index in [0.717, 1.165) is 10.2 Å². The third-order valence-electron chi connectivity index (χ3n) is 3.91. The standard InChI is InChI=1S/C17H15N3O4/c18-15(17(21)22)9-12-10-19(20(23)24)16-13(7-4-8-14(12)16)11-5-2-1-3-6-11/h1-8,10,15H,9,18H2,(H,21,22)/t15-/m0/s1. The lowest BCUT2D eigenvalue weighted by Gasteiger charge is -2.06. The van der Waals surface area contributed by atoms with Gasteiger partial charge in [0.15, 0.2) is 5.03 Å². The van der Waals surface area contributed by atoms with Crippen molar-refractivity contribution in [2.45, 2.75) is 12.5 Å². The fourth-order valence-corrected chi connectivity index (χ4v) is 2.80. The summed E-state index contributed by atoms with van der Waals surface area (Å²) in [6, 6.07) is 13.5. The fraction of sp³-hybridized carbons (Fsp3) is 0.118. The molecule has 0 fully saturated rings. The zero-order valence-corrected chi connectivity index (χ0v) is 12.6. The van der Waals surface area contributed by atoms with Crippen molar-refractivity contribution < 1.29 is 14.9 Å². The molecule has 1 aromatic heterocycles. The minimum Gasteiger partial charge on any atom is -0.480 e. The molecule has 3 rings (SSSR count). The average molecular weight is 325 g/mol. The first-order valence-electron chi connectivity index (χ1n) is 7.30. The summed E-state index contributed by atoms with van der Waals surface area (Å²) in [5, 5.41) is 20.6. The van der Waals surface area contributed by atoms with E-state index in [0.29, 0.717) is 22.0 Å². The van der Waals surface area contributed by atoms with Crippen molar-refractivity contribution in [1.82, 2.24) is 4.68 Å². The molecule has 24 heavy (non-hydrogen) atoms. The molecule has 7 heteroatoms. The molecule has 0 unspecified atom stereocenters. The zero-order chi connectivity index (χ0) is 17.3. The van der Waals surface area contributed by atoms with Crippen LogP contribution in [-0.2, 0) is 11.2 Å². The number of hydrogen-bond acceptors (Lipinski definition) is 4. The second-order valence-electron chi connectivity index (χ2n) is 5.45. The van der Waals surface area contributed by atoms with Crippen LogP contribution in [0.5, 0.6) is 0 Å². The molecule has 1 heterocycles. The number of carboxylic acid groups (broad SMARTS) is 1. The predicted octanol–water partition coefficient (Wildman–Crippen LogP) is 2.30. The summed E-state index contributed by atoms with van der Waals surface area (Å²) in [6.45, 7) is 0. The number of nitrogens with two attached hydrogens (primary N) is 1. The van der Waals surface area contributed by atoms with Gasteiger partial charge in [0.2, 0.25) is 0 Å². The third-order valence-corrected chi connectivity index (χ3v) is 3.91. The van der Waals surface area contributed by atoms with Crippen molar-refractivity contribution in [1.29, 1.82) is 0 Å². The monoisotopic (exact) mass is 325 g/mol. The molecule has 0 amide bonds. The second-order valence-corrected chi connectivity index (χ2v) is 5.45. The van der Waals surface area contributed by atoms with E-state index >= 15 is 0 Å². The lowest BCUT2D eigenvalue weighted by Crippen LogP contribution is -2.32. The largest absolute Gasteiger partial charge is 0.480 e. The normalized spacial score (nSPS) is 12.2. The molecule has 0 radical (unpaired) electrons. The molecule has 0 aliphatic carbocycles. The predicted molar refractivity (Wildman–Crippen MR) is 89.1 cm³/mol. The molecular formula is C17H15N3O4. The highest BCUT2D eigenvalue weighted by Crippen LogP contribution is 2.32. The van der Waals surface area contributed by atoms with E-state index in [1.54, 1.807) is 18.2 Å². The maximum absolute atomic E-state index is 11.5. The summed E-state index contributed by atoms with van der Waals surface area (Å²) in [7, 11) is 0. The number of carboxylic acids is 1. The molecule has 0 spiro atoms. The molecule has 122 valence electrons. The van der Waals surface area contributed by atoms with E-state index in [1.807, 2.05) is 30.3 Å². The van der Waals surface area contributed by atoms with Crippen molar-refractivity contribution in [3.8, 4) is 11.1 Å². The summed E-state index contributed by atoms with van der Waals surface area (Å²) >= 11 is 0. The van der Waals surface area contributed by atoms with Gasteiger partial charge in [-0.15, -0.1) is 0 Å². The van der Waals surface area contributed by atoms with Gasteiger partial charge in [-0.1, -0.05) is 53.2 Å². The lowest BCUT2D eigenvalue weighted by molar-refractivity contribution is -0.537. The Balaban J connectivity index is 2.24. The van der Waals surface area contributed by atoms with E-state index < -0.39 is 17.0 Å². The van der Waals surface area contributed by atoms with Crippen LogP contribution >= 0.6 is 0 Å². The number of nitrogens with zero attached hydrogens (tertiary/aromatic N) is 2. The maximum Gasteiger partial charge on any atom is 0.320 e. The highest BCUT2D eigenvalue weighted by molar-refractivity contribution is 5.96. The molecule has 1 atom stereocenters. The molecular weight excluding hydrogens is 310 g/mol. The van der Waals surface area contributed by atoms with Crippen molar-refractivity contribution in [3.05, 3.63) is 70.4 Å². The third kappa shape index (κ3) is 2.72. The van der Waals surface area contributed by atoms with Gasteiger partial charge in [-0.05, 0) is 11.1 Å². The Morgan fingerprint density at radius 3 is 2.54 bits per heavy atom. The van der Waals surface area contributed by atoms with E-state index in [-0.39, 0.29) is 6.42 Å². The number of aromatic nitrogens is 1. The van der Waals surface area contributed by atoms with Crippen molar-refractivity contribution in [3.63, 3.8) is 0 Å². The van der Waals surface area contributed by atoms with Gasteiger partial charge in [0.05, 0.1) is 6.20 Å². The van der Waals surface area contributed by atoms with Crippen LogP contribution in [0.1, 0.15) is 5.56 Å². The summed E-state index contributed by atoms with van der Waals surface area (Å²) in [6.07, 6.45) is 1.37. The highest BCUT2D eigenvalue weighted by Gasteiger charge is 2.22. The average Bonchev–Trinajstić information content (AvgIpc) is 2.94. The van der Waals surface area contributed by atoms with Crippen LogP contribution in [0, 0.1) is 10.1 Å². The maximum atomic E-state index is 11.5. The Kier molecular flexibility index (Phi) is 4.01. The van der Waals surface area contributed by atoms with Gasteiger partial charge < -0.3 is 10.8 Å². The number of nitro groups is 1. The first-order valence-corrected chi connectivity index (χ1v) is 7.30. The van der Waals surface area contributed by atoms with Gasteiger partial charge in [-0.2, -0.15) is 0 Å². The molecule has 0 saturated carbocycles. The van der Waals surface area contributed by atoms with Gasteiger partial charge in [-0.3, -0.25) is 4.79 Å². The zero-order valence-electron chi connectivity index (χ0n) is 12.6. The van der Waals surface area contributed by atoms with E-state index in [4.69, 9.17) is 10.8 Å². The van der Waals surface area contributed by atoms with Crippen LogP contribution < -0.4 is 5.73 Å². The summed E-state index contributed by atoms with van der Waals surface area (Å²) < 4.78 is 0.932. The van der Waals surface area contributed by atoms with Crippen molar-refractivity contribution in [2.24, 2.45) is 5.73 Å². The molecule has 3 N–H and O–H groups in total. The Bertz CT molecular complexity index is 918. The number of para-hydroxylation sites is 1. The second kappa shape index (κ2) is 6.13. The SMILES string of the molecule is N[C@@H](Cc1cn([N+](=O)[O-])c2c(-c3ccccc3)cccc12)C(=O)O. The molecule has 0 bridgehead atoms. The molecule has 2 aromatic carbocycles. The van der Waals surface area contributed by atoms with Crippen molar-refractivity contribution in [2.75, 3.05) is 0 Å². The minimum absolute atomic E-state index is 0.0188. The van der Waals surface area contributed by atoms with Crippen LogP contribution in [0.15, 0.2) is 54.7 Å². The van der Waals surface area contributed by atoms with E-state index in [9.17, 15) is 14.9 Å². The quantitative estimate of drug-likeness (QED) is 0.552. The first-order chi connectivity index (χ1) is 11.5. The smallest absolute Gasteiger partial charge is 0.320 e. The summed E-state index contributed by atoms with van der Waals surface area (Å²) in [5.74, 6) is -1.14. The summed E-state index contributed by atoms with van der Waals surface area (Å²) in [4.78, 5) is 22.5. The van der Waals surface area contributed by atoms with Crippen LogP contribution in [0.25, 0.3) is 22.0 Å². The van der Waals surface area contributed by atoms with E-state index in [2.05, 4.69) is 0 Å². The minimum atomic E-state index is -1.14. The number of benzene rings is 2.